The van der Waals surface area contributed by atoms with Gasteiger partial charge in [-0.3, -0.25) is 4.79 Å². The fourth-order valence-corrected chi connectivity index (χ4v) is 2.45. The number of methoxy groups -OCH3 is 2. The number of H-pyrrole nitrogens is 1. The van der Waals surface area contributed by atoms with E-state index in [0.29, 0.717) is 10.3 Å². The molecule has 10 heteroatoms. The molecule has 0 aliphatic heterocycles. The molecular formula is C16H12FN3O6. The van der Waals surface area contributed by atoms with Crippen molar-refractivity contribution in [3.8, 4) is 17.4 Å². The first kappa shape index (κ1) is 17.1. The van der Waals surface area contributed by atoms with Gasteiger partial charge in [0.15, 0.2) is 5.75 Å². The van der Waals surface area contributed by atoms with Crippen molar-refractivity contribution in [1.82, 2.24) is 14.5 Å². The summed E-state index contributed by atoms with van der Waals surface area (Å²) in [7, 11) is 2.74. The average molecular weight is 361 g/mol. The van der Waals surface area contributed by atoms with Gasteiger partial charge in [-0.1, -0.05) is 0 Å². The van der Waals surface area contributed by atoms with E-state index in [1.807, 2.05) is 0 Å². The van der Waals surface area contributed by atoms with Crippen molar-refractivity contribution in [1.29, 1.82) is 0 Å². The van der Waals surface area contributed by atoms with Crippen molar-refractivity contribution in [3.63, 3.8) is 0 Å². The maximum atomic E-state index is 13.9. The van der Waals surface area contributed by atoms with Gasteiger partial charge in [-0.15, -0.1) is 0 Å². The van der Waals surface area contributed by atoms with Crippen molar-refractivity contribution >= 4 is 16.9 Å². The highest BCUT2D eigenvalue weighted by Gasteiger charge is 2.18. The number of benzene rings is 1. The summed E-state index contributed by atoms with van der Waals surface area (Å²) in [6.07, 6.45) is 0. The number of aromatic amines is 1. The fourth-order valence-electron chi connectivity index (χ4n) is 2.45. The Labute approximate surface area is 144 Å². The summed E-state index contributed by atoms with van der Waals surface area (Å²) in [6, 6.07) is 4.45. The molecule has 2 aromatic heterocycles. The van der Waals surface area contributed by atoms with Crippen LogP contribution in [0.5, 0.6) is 11.6 Å². The van der Waals surface area contributed by atoms with Crippen LogP contribution in [0.15, 0.2) is 33.9 Å². The van der Waals surface area contributed by atoms with Crippen LogP contribution in [0, 0.1) is 5.82 Å². The largest absolute Gasteiger partial charge is 0.491 e. The van der Waals surface area contributed by atoms with Crippen LogP contribution >= 0.6 is 0 Å². The number of nitrogens with one attached hydrogen (secondary N) is 1. The molecule has 134 valence electrons. The second-order valence-corrected chi connectivity index (χ2v) is 5.13. The summed E-state index contributed by atoms with van der Waals surface area (Å²) in [4.78, 5) is 42.4. The molecule has 0 amide bonds. The molecule has 1 aromatic carbocycles. The number of halogens is 1. The Balaban J connectivity index is 2.32. The van der Waals surface area contributed by atoms with Gasteiger partial charge in [0.05, 0.1) is 30.7 Å². The lowest BCUT2D eigenvalue weighted by Crippen LogP contribution is -2.34. The third kappa shape index (κ3) is 2.66. The number of ether oxygens (including phenoxy) is 2. The number of hydrogen-bond acceptors (Lipinski definition) is 6. The molecule has 0 aliphatic carbocycles. The molecule has 0 saturated heterocycles. The lowest BCUT2D eigenvalue weighted by Gasteiger charge is -2.10. The summed E-state index contributed by atoms with van der Waals surface area (Å²) in [5.74, 6) is -2.35. The molecule has 26 heavy (non-hydrogen) atoms. The van der Waals surface area contributed by atoms with Crippen LogP contribution in [-0.4, -0.2) is 39.8 Å². The smallest absolute Gasteiger partial charge is 0.338 e. The summed E-state index contributed by atoms with van der Waals surface area (Å²) < 4.78 is 24.7. The van der Waals surface area contributed by atoms with E-state index in [1.54, 1.807) is 0 Å². The molecule has 2 N–H and O–H groups in total. The Hall–Kier alpha value is -3.69. The van der Waals surface area contributed by atoms with Gasteiger partial charge < -0.3 is 19.6 Å². The van der Waals surface area contributed by atoms with Gasteiger partial charge in [-0.2, -0.15) is 4.98 Å². The highest BCUT2D eigenvalue weighted by Crippen LogP contribution is 2.24. The molecular weight excluding hydrogens is 349 g/mol. The molecule has 0 radical (unpaired) electrons. The SMILES string of the molecule is COc1ccc(-n2c(=O)[nH]c3cc(C(=O)O)c(F)cc3c2=O)nc1OC. The van der Waals surface area contributed by atoms with E-state index < -0.39 is 28.6 Å². The first-order chi connectivity index (χ1) is 12.4. The topological polar surface area (TPSA) is 124 Å². The van der Waals surface area contributed by atoms with Crippen molar-refractivity contribution in [2.45, 2.75) is 0 Å². The van der Waals surface area contributed by atoms with E-state index in [4.69, 9.17) is 14.6 Å². The predicted octanol–water partition coefficient (Wildman–Crippen LogP) is 0.928. The minimum Gasteiger partial charge on any atom is -0.491 e. The van der Waals surface area contributed by atoms with Crippen molar-refractivity contribution < 1.29 is 23.8 Å². The van der Waals surface area contributed by atoms with Crippen molar-refractivity contribution in [2.75, 3.05) is 14.2 Å². The standard InChI is InChI=1S/C16H12FN3O6/c1-25-11-3-4-12(19-13(11)26-2)20-14(21)8-5-9(17)7(15(22)23)6-10(8)18-16(20)24/h3-6H,1-2H3,(H,18,24)(H,22,23). The van der Waals surface area contributed by atoms with E-state index in [-0.39, 0.29) is 22.6 Å². The molecule has 0 saturated carbocycles. The van der Waals surface area contributed by atoms with Gasteiger partial charge in [-0.05, 0) is 24.3 Å². The normalized spacial score (nSPS) is 10.7. The number of pyridine rings is 1. The summed E-state index contributed by atoms with van der Waals surface area (Å²) in [5.41, 5.74) is -2.49. The van der Waals surface area contributed by atoms with E-state index in [2.05, 4.69) is 9.97 Å². The van der Waals surface area contributed by atoms with Crippen LogP contribution < -0.4 is 20.7 Å². The number of nitrogens with zero attached hydrogens (tertiary/aromatic N) is 2. The highest BCUT2D eigenvalue weighted by molar-refractivity contribution is 5.93. The Kier molecular flexibility index (Phi) is 4.16. The second-order valence-electron chi connectivity index (χ2n) is 5.13. The van der Waals surface area contributed by atoms with Gasteiger partial charge in [-0.25, -0.2) is 18.5 Å². The van der Waals surface area contributed by atoms with Gasteiger partial charge in [0.2, 0.25) is 0 Å². The molecule has 3 aromatic rings. The molecule has 0 atom stereocenters. The van der Waals surface area contributed by atoms with Gasteiger partial charge in [0, 0.05) is 0 Å². The third-order valence-electron chi connectivity index (χ3n) is 3.67. The van der Waals surface area contributed by atoms with Crippen LogP contribution in [0.25, 0.3) is 16.7 Å². The van der Waals surface area contributed by atoms with Crippen molar-refractivity contribution in [2.24, 2.45) is 0 Å². The first-order valence-corrected chi connectivity index (χ1v) is 7.18. The lowest BCUT2D eigenvalue weighted by atomic mass is 10.1. The van der Waals surface area contributed by atoms with Gasteiger partial charge in [0.25, 0.3) is 11.4 Å². The molecule has 0 fully saturated rings. The minimum atomic E-state index is -1.52. The van der Waals surface area contributed by atoms with Crippen LogP contribution in [-0.2, 0) is 0 Å². The van der Waals surface area contributed by atoms with Crippen LogP contribution in [0.4, 0.5) is 4.39 Å². The number of fused-ring (bicyclic) bond motifs is 1. The maximum absolute atomic E-state index is 13.9. The number of carboxylic acids is 1. The van der Waals surface area contributed by atoms with Gasteiger partial charge >= 0.3 is 11.7 Å². The zero-order valence-corrected chi connectivity index (χ0v) is 13.6. The van der Waals surface area contributed by atoms with Crippen LogP contribution in [0.1, 0.15) is 10.4 Å². The number of carboxylic acid groups (broad SMARTS) is 1. The summed E-state index contributed by atoms with van der Waals surface area (Å²) in [5, 5.41) is 8.75. The Morgan fingerprint density at radius 2 is 1.96 bits per heavy atom. The molecule has 3 rings (SSSR count). The van der Waals surface area contributed by atoms with E-state index >= 15 is 0 Å². The Morgan fingerprint density at radius 3 is 2.58 bits per heavy atom. The van der Waals surface area contributed by atoms with Crippen molar-refractivity contribution in [3.05, 3.63) is 56.5 Å². The zero-order chi connectivity index (χ0) is 19.0. The number of aromatic carboxylic acids is 1. The molecule has 0 aliphatic rings. The van der Waals surface area contributed by atoms with Crippen LogP contribution in [0.2, 0.25) is 0 Å². The molecule has 9 nitrogen and oxygen atoms in total. The minimum absolute atomic E-state index is 0.0452. The van der Waals surface area contributed by atoms with E-state index in [0.717, 1.165) is 12.1 Å². The molecule has 2 heterocycles. The van der Waals surface area contributed by atoms with Gasteiger partial charge in [0.1, 0.15) is 11.6 Å². The Morgan fingerprint density at radius 1 is 1.23 bits per heavy atom. The summed E-state index contributed by atoms with van der Waals surface area (Å²) in [6.45, 7) is 0. The summed E-state index contributed by atoms with van der Waals surface area (Å²) >= 11 is 0. The predicted molar refractivity (Wildman–Crippen MR) is 88.0 cm³/mol. The molecule has 0 bridgehead atoms. The second kappa shape index (κ2) is 6.31. The number of rotatable bonds is 4. The quantitative estimate of drug-likeness (QED) is 0.708. The Bertz CT molecular complexity index is 1150. The third-order valence-corrected chi connectivity index (χ3v) is 3.67. The number of carbonyl (C=O) groups is 1. The zero-order valence-electron chi connectivity index (χ0n) is 13.6. The maximum Gasteiger partial charge on any atom is 0.338 e. The monoisotopic (exact) mass is 361 g/mol. The molecule has 0 unspecified atom stereocenters. The lowest BCUT2D eigenvalue weighted by molar-refractivity contribution is 0.0692. The number of aromatic nitrogens is 3. The van der Waals surface area contributed by atoms with E-state index in [1.165, 1.54) is 26.4 Å². The van der Waals surface area contributed by atoms with Crippen LogP contribution in [0.3, 0.4) is 0 Å². The average Bonchev–Trinajstić information content (AvgIpc) is 2.61. The van der Waals surface area contributed by atoms with E-state index in [9.17, 15) is 18.8 Å². The molecule has 0 spiro atoms. The first-order valence-electron chi connectivity index (χ1n) is 7.18. The number of hydrogen-bond donors (Lipinski definition) is 2. The fraction of sp³-hybridized carbons (Fsp3) is 0.125. The highest BCUT2D eigenvalue weighted by atomic mass is 19.1.